The smallest absolute Gasteiger partial charge is 0.135 e. The number of aryl methyl sites for hydroxylation is 1. The molecule has 0 unspecified atom stereocenters. The minimum atomic E-state index is 0.477. The first-order valence-electron chi connectivity index (χ1n) is 5.10. The molecule has 0 atom stereocenters. The van der Waals surface area contributed by atoms with Crippen LogP contribution in [-0.2, 0) is 0 Å². The van der Waals surface area contributed by atoms with E-state index in [4.69, 9.17) is 16.9 Å². The number of thiazole rings is 1. The maximum Gasteiger partial charge on any atom is 0.135 e. The van der Waals surface area contributed by atoms with E-state index >= 15 is 0 Å². The summed E-state index contributed by atoms with van der Waals surface area (Å²) in [5.74, 6) is 0.625. The van der Waals surface area contributed by atoms with Crippen LogP contribution in [0.1, 0.15) is 10.7 Å². The number of hydrogen-bond donors (Lipinski definition) is 1. The Morgan fingerprint density at radius 1 is 1.56 bits per heavy atom. The molecule has 0 aromatic carbocycles. The maximum absolute atomic E-state index is 9.08. The van der Waals surface area contributed by atoms with Crippen LogP contribution in [0.15, 0.2) is 29.9 Å². The van der Waals surface area contributed by atoms with Crippen LogP contribution in [-0.4, -0.2) is 9.97 Å². The molecule has 0 spiro atoms. The second-order valence-corrected chi connectivity index (χ2v) is 4.76. The van der Waals surface area contributed by atoms with E-state index in [0.29, 0.717) is 21.4 Å². The zero-order chi connectivity index (χ0) is 13.0. The van der Waals surface area contributed by atoms with Crippen LogP contribution in [0.4, 0.5) is 5.82 Å². The summed E-state index contributed by atoms with van der Waals surface area (Å²) < 4.78 is 0. The van der Waals surface area contributed by atoms with Gasteiger partial charge in [-0.3, -0.25) is 0 Å². The van der Waals surface area contributed by atoms with E-state index in [1.807, 2.05) is 12.3 Å². The highest BCUT2D eigenvalue weighted by atomic mass is 35.5. The zero-order valence-corrected chi connectivity index (χ0v) is 11.1. The molecule has 0 aliphatic heterocycles. The molecule has 4 nitrogen and oxygen atoms in total. The number of halogens is 1. The van der Waals surface area contributed by atoms with Crippen LogP contribution >= 0.6 is 22.9 Å². The van der Waals surface area contributed by atoms with E-state index in [0.717, 1.165) is 5.69 Å². The van der Waals surface area contributed by atoms with Gasteiger partial charge in [0.1, 0.15) is 22.5 Å². The molecule has 2 rings (SSSR count). The molecular formula is C12H9ClN4S. The number of allylic oxidation sites excluding steroid dienone is 1. The molecule has 18 heavy (non-hydrogen) atoms. The molecule has 0 saturated carbocycles. The number of anilines is 1. The van der Waals surface area contributed by atoms with Gasteiger partial charge in [-0.1, -0.05) is 11.6 Å². The van der Waals surface area contributed by atoms with Gasteiger partial charge in [-0.05, 0) is 19.1 Å². The molecule has 90 valence electrons. The highest BCUT2D eigenvalue weighted by Gasteiger charge is 2.05. The third-order valence-corrected chi connectivity index (χ3v) is 3.28. The SMILES string of the molecule is Cc1csc(/C(C#N)=C/Nc2ccc(Cl)cn2)n1. The van der Waals surface area contributed by atoms with E-state index < -0.39 is 0 Å². The van der Waals surface area contributed by atoms with Crippen LogP contribution in [0.2, 0.25) is 5.02 Å². The Balaban J connectivity index is 2.16. The Hall–Kier alpha value is -1.90. The minimum absolute atomic E-state index is 0.477. The van der Waals surface area contributed by atoms with Crippen LogP contribution in [0.3, 0.4) is 0 Å². The predicted molar refractivity (Wildman–Crippen MR) is 73.3 cm³/mol. The number of aromatic nitrogens is 2. The van der Waals surface area contributed by atoms with Crippen molar-refractivity contribution in [1.29, 1.82) is 5.26 Å². The normalized spacial score (nSPS) is 11.1. The van der Waals surface area contributed by atoms with Crippen LogP contribution < -0.4 is 5.32 Å². The molecule has 0 radical (unpaired) electrons. The van der Waals surface area contributed by atoms with Gasteiger partial charge in [-0.25, -0.2) is 9.97 Å². The maximum atomic E-state index is 9.08. The van der Waals surface area contributed by atoms with Gasteiger partial charge < -0.3 is 5.32 Å². The van der Waals surface area contributed by atoms with E-state index in [9.17, 15) is 0 Å². The van der Waals surface area contributed by atoms with Crippen LogP contribution in [0.5, 0.6) is 0 Å². The first-order chi connectivity index (χ1) is 8.69. The van der Waals surface area contributed by atoms with Crippen molar-refractivity contribution in [2.45, 2.75) is 6.92 Å². The Morgan fingerprint density at radius 2 is 2.39 bits per heavy atom. The molecule has 0 saturated heterocycles. The molecule has 2 aromatic heterocycles. The van der Waals surface area contributed by atoms with Crippen molar-refractivity contribution < 1.29 is 0 Å². The van der Waals surface area contributed by atoms with Gasteiger partial charge in [-0.15, -0.1) is 11.3 Å². The molecule has 1 N–H and O–H groups in total. The zero-order valence-electron chi connectivity index (χ0n) is 9.51. The summed E-state index contributed by atoms with van der Waals surface area (Å²) in [6, 6.07) is 5.57. The highest BCUT2D eigenvalue weighted by Crippen LogP contribution is 2.19. The Labute approximate surface area is 114 Å². The van der Waals surface area contributed by atoms with Gasteiger partial charge in [-0.2, -0.15) is 5.26 Å². The average molecular weight is 277 g/mol. The largest absolute Gasteiger partial charge is 0.345 e. The lowest BCUT2D eigenvalue weighted by Gasteiger charge is -1.99. The molecule has 0 fully saturated rings. The van der Waals surface area contributed by atoms with E-state index in [1.54, 1.807) is 18.3 Å². The van der Waals surface area contributed by atoms with Gasteiger partial charge in [0, 0.05) is 23.5 Å². The van der Waals surface area contributed by atoms with E-state index in [-0.39, 0.29) is 0 Å². The lowest BCUT2D eigenvalue weighted by Crippen LogP contribution is -1.93. The van der Waals surface area contributed by atoms with Gasteiger partial charge in [0.05, 0.1) is 5.02 Å². The third-order valence-electron chi connectivity index (χ3n) is 2.06. The second kappa shape index (κ2) is 5.63. The summed E-state index contributed by atoms with van der Waals surface area (Å²) in [5.41, 5.74) is 1.38. The fraction of sp³-hybridized carbons (Fsp3) is 0.0833. The summed E-state index contributed by atoms with van der Waals surface area (Å²) in [4.78, 5) is 8.32. The first-order valence-corrected chi connectivity index (χ1v) is 6.35. The quantitative estimate of drug-likeness (QED) is 0.872. The molecule has 6 heteroatoms. The summed E-state index contributed by atoms with van der Waals surface area (Å²) in [7, 11) is 0. The number of pyridine rings is 1. The molecule has 0 amide bonds. The summed E-state index contributed by atoms with van der Waals surface area (Å²) in [6.45, 7) is 1.89. The Morgan fingerprint density at radius 3 is 2.94 bits per heavy atom. The number of hydrogen-bond acceptors (Lipinski definition) is 5. The van der Waals surface area contributed by atoms with Crippen molar-refractivity contribution in [2.75, 3.05) is 5.32 Å². The third kappa shape index (κ3) is 3.06. The Kier molecular flexibility index (Phi) is 3.92. The standard InChI is InChI=1S/C12H9ClN4S/c1-8-7-18-12(17-8)9(4-14)5-15-11-3-2-10(13)6-16-11/h2-3,5-7H,1H3,(H,15,16)/b9-5+. The van der Waals surface area contributed by atoms with E-state index in [1.165, 1.54) is 17.5 Å². The monoisotopic (exact) mass is 276 g/mol. The molecule has 2 heterocycles. The average Bonchev–Trinajstić information content (AvgIpc) is 2.79. The number of nitriles is 1. The number of nitrogens with one attached hydrogen (secondary N) is 1. The molecular weight excluding hydrogens is 268 g/mol. The molecule has 0 bridgehead atoms. The van der Waals surface area contributed by atoms with Gasteiger partial charge in [0.2, 0.25) is 0 Å². The first kappa shape index (κ1) is 12.6. The molecule has 2 aromatic rings. The minimum Gasteiger partial charge on any atom is -0.345 e. The van der Waals surface area contributed by atoms with Crippen molar-refractivity contribution in [2.24, 2.45) is 0 Å². The van der Waals surface area contributed by atoms with Gasteiger partial charge >= 0.3 is 0 Å². The van der Waals surface area contributed by atoms with Crippen LogP contribution in [0, 0.1) is 18.3 Å². The van der Waals surface area contributed by atoms with Crippen molar-refractivity contribution in [3.63, 3.8) is 0 Å². The number of rotatable bonds is 3. The van der Waals surface area contributed by atoms with Crippen LogP contribution in [0.25, 0.3) is 5.57 Å². The predicted octanol–water partition coefficient (Wildman–Crippen LogP) is 3.48. The fourth-order valence-corrected chi connectivity index (χ4v) is 2.10. The Bertz CT molecular complexity index is 610. The second-order valence-electron chi connectivity index (χ2n) is 3.47. The fourth-order valence-electron chi connectivity index (χ4n) is 1.23. The lowest BCUT2D eigenvalue weighted by atomic mass is 10.3. The summed E-state index contributed by atoms with van der Waals surface area (Å²) in [5, 5.41) is 15.2. The topological polar surface area (TPSA) is 61.6 Å². The summed E-state index contributed by atoms with van der Waals surface area (Å²) >= 11 is 7.17. The highest BCUT2D eigenvalue weighted by molar-refractivity contribution is 7.10. The molecule has 0 aliphatic rings. The molecule has 0 aliphatic carbocycles. The van der Waals surface area contributed by atoms with Crippen molar-refractivity contribution >= 4 is 34.3 Å². The van der Waals surface area contributed by atoms with Crippen molar-refractivity contribution in [3.05, 3.63) is 45.6 Å². The lowest BCUT2D eigenvalue weighted by molar-refractivity contribution is 1.24. The van der Waals surface area contributed by atoms with Gasteiger partial charge in [0.15, 0.2) is 0 Å². The van der Waals surface area contributed by atoms with Crippen molar-refractivity contribution in [1.82, 2.24) is 9.97 Å². The summed E-state index contributed by atoms with van der Waals surface area (Å²) in [6.07, 6.45) is 3.13. The number of nitrogens with zero attached hydrogens (tertiary/aromatic N) is 3. The van der Waals surface area contributed by atoms with Gasteiger partial charge in [0.25, 0.3) is 0 Å². The van der Waals surface area contributed by atoms with E-state index in [2.05, 4.69) is 21.4 Å². The van der Waals surface area contributed by atoms with Crippen molar-refractivity contribution in [3.8, 4) is 6.07 Å².